The molecule has 0 spiro atoms. The average Bonchev–Trinajstić information content (AvgIpc) is 2.99. The van der Waals surface area contributed by atoms with Gasteiger partial charge in [-0.15, -0.1) is 0 Å². The van der Waals surface area contributed by atoms with E-state index >= 15 is 0 Å². The van der Waals surface area contributed by atoms with Crippen LogP contribution >= 0.6 is 0 Å². The summed E-state index contributed by atoms with van der Waals surface area (Å²) in [5, 5.41) is 9.96. The number of benzene rings is 1. The van der Waals surface area contributed by atoms with Gasteiger partial charge in [0.2, 0.25) is 16.0 Å². The van der Waals surface area contributed by atoms with Crippen molar-refractivity contribution in [2.45, 2.75) is 32.6 Å². The summed E-state index contributed by atoms with van der Waals surface area (Å²) in [6.45, 7) is 7.52. The third-order valence-electron chi connectivity index (χ3n) is 4.11. The number of nitrogens with one attached hydrogen (secondary N) is 3. The molecule has 0 fully saturated rings. The van der Waals surface area contributed by atoms with Gasteiger partial charge in [-0.1, -0.05) is 22.9 Å². The van der Waals surface area contributed by atoms with E-state index in [9.17, 15) is 8.42 Å². The van der Waals surface area contributed by atoms with Crippen molar-refractivity contribution >= 4 is 27.5 Å². The van der Waals surface area contributed by atoms with Crippen molar-refractivity contribution in [3.8, 4) is 0 Å². The molecule has 0 saturated heterocycles. The molecule has 9 nitrogen and oxygen atoms in total. The van der Waals surface area contributed by atoms with E-state index in [4.69, 9.17) is 4.52 Å². The van der Waals surface area contributed by atoms with Crippen LogP contribution in [0.3, 0.4) is 0 Å². The van der Waals surface area contributed by atoms with Gasteiger partial charge in [-0.2, -0.15) is 4.98 Å². The Kier molecular flexibility index (Phi) is 6.14. The summed E-state index contributed by atoms with van der Waals surface area (Å²) in [7, 11) is -3.69. The van der Waals surface area contributed by atoms with Crippen LogP contribution in [-0.4, -0.2) is 36.6 Å². The summed E-state index contributed by atoms with van der Waals surface area (Å²) in [6.07, 6.45) is 0. The molecule has 154 valence electrons. The third-order valence-corrected chi connectivity index (χ3v) is 5.82. The van der Waals surface area contributed by atoms with Crippen LogP contribution in [0, 0.1) is 27.7 Å². The number of nitrogens with zero attached hydrogens (tertiary/aromatic N) is 3. The zero-order chi connectivity index (χ0) is 21.0. The molecule has 0 aliphatic carbocycles. The highest BCUT2D eigenvalue weighted by Gasteiger charge is 2.23. The SMILES string of the molecule is Cc1ccc(Nc2cc(C)nc(NCCNS(=O)(=O)c3c(C)noc3C)n2)cc1. The van der Waals surface area contributed by atoms with E-state index < -0.39 is 10.0 Å². The lowest BCUT2D eigenvalue weighted by Gasteiger charge is -2.11. The first kappa shape index (κ1) is 20.7. The Bertz CT molecular complexity index is 1070. The van der Waals surface area contributed by atoms with Crippen molar-refractivity contribution in [2.75, 3.05) is 23.7 Å². The Morgan fingerprint density at radius 1 is 1.00 bits per heavy atom. The number of anilines is 3. The fourth-order valence-corrected chi connectivity index (χ4v) is 4.14. The Balaban J connectivity index is 1.59. The minimum absolute atomic E-state index is 0.0777. The predicted octanol–water partition coefficient (Wildman–Crippen LogP) is 2.83. The third kappa shape index (κ3) is 5.30. The molecular formula is C19H24N6O3S. The number of aryl methyl sites for hydroxylation is 4. The zero-order valence-electron chi connectivity index (χ0n) is 16.8. The van der Waals surface area contributed by atoms with E-state index in [1.54, 1.807) is 13.8 Å². The smallest absolute Gasteiger partial charge is 0.246 e. The highest BCUT2D eigenvalue weighted by Crippen LogP contribution is 2.19. The quantitative estimate of drug-likeness (QED) is 0.479. The second-order valence-electron chi connectivity index (χ2n) is 6.69. The first-order valence-electron chi connectivity index (χ1n) is 9.10. The van der Waals surface area contributed by atoms with Crippen molar-refractivity contribution in [3.05, 3.63) is 53.0 Å². The first-order valence-corrected chi connectivity index (χ1v) is 10.6. The lowest BCUT2D eigenvalue weighted by atomic mass is 10.2. The normalized spacial score (nSPS) is 11.4. The van der Waals surface area contributed by atoms with E-state index in [2.05, 4.69) is 30.5 Å². The Morgan fingerprint density at radius 3 is 2.38 bits per heavy atom. The molecule has 0 aliphatic rings. The topological polar surface area (TPSA) is 122 Å². The van der Waals surface area contributed by atoms with Crippen LogP contribution in [0.5, 0.6) is 0 Å². The molecular weight excluding hydrogens is 392 g/mol. The van der Waals surface area contributed by atoms with Crippen LogP contribution in [-0.2, 0) is 10.0 Å². The summed E-state index contributed by atoms with van der Waals surface area (Å²) in [5.41, 5.74) is 3.22. The van der Waals surface area contributed by atoms with Crippen LogP contribution in [0.15, 0.2) is 39.8 Å². The fraction of sp³-hybridized carbons (Fsp3) is 0.316. The van der Waals surface area contributed by atoms with Crippen LogP contribution < -0.4 is 15.4 Å². The monoisotopic (exact) mass is 416 g/mol. The summed E-state index contributed by atoms with van der Waals surface area (Å²) >= 11 is 0. The van der Waals surface area contributed by atoms with Gasteiger partial charge < -0.3 is 15.2 Å². The number of aromatic nitrogens is 3. The zero-order valence-corrected chi connectivity index (χ0v) is 17.6. The van der Waals surface area contributed by atoms with Crippen LogP contribution in [0.4, 0.5) is 17.5 Å². The molecule has 2 heterocycles. The van der Waals surface area contributed by atoms with Gasteiger partial charge in [0.15, 0.2) is 5.76 Å². The highest BCUT2D eigenvalue weighted by atomic mass is 32.2. The molecule has 2 aromatic heterocycles. The fourth-order valence-electron chi connectivity index (χ4n) is 2.79. The maximum absolute atomic E-state index is 12.4. The molecule has 1 aromatic carbocycles. The maximum Gasteiger partial charge on any atom is 0.246 e. The molecule has 0 amide bonds. The Labute approximate surface area is 170 Å². The van der Waals surface area contributed by atoms with Gasteiger partial charge in [-0.25, -0.2) is 18.1 Å². The molecule has 3 aromatic rings. The van der Waals surface area contributed by atoms with E-state index in [1.807, 2.05) is 44.2 Å². The Morgan fingerprint density at radius 2 is 1.72 bits per heavy atom. The summed E-state index contributed by atoms with van der Waals surface area (Å²) in [4.78, 5) is 8.84. The second-order valence-corrected chi connectivity index (χ2v) is 8.39. The minimum atomic E-state index is -3.69. The van der Waals surface area contributed by atoms with Crippen molar-refractivity contribution in [3.63, 3.8) is 0 Å². The van der Waals surface area contributed by atoms with Crippen molar-refractivity contribution in [1.29, 1.82) is 0 Å². The minimum Gasteiger partial charge on any atom is -0.360 e. The second kappa shape index (κ2) is 8.58. The molecule has 29 heavy (non-hydrogen) atoms. The molecule has 0 saturated carbocycles. The molecule has 10 heteroatoms. The number of sulfonamides is 1. The predicted molar refractivity (Wildman–Crippen MR) is 111 cm³/mol. The first-order chi connectivity index (χ1) is 13.7. The molecule has 0 aliphatic heterocycles. The molecule has 0 bridgehead atoms. The largest absolute Gasteiger partial charge is 0.360 e. The van der Waals surface area contributed by atoms with Gasteiger partial charge in [0.25, 0.3) is 0 Å². The summed E-state index contributed by atoms with van der Waals surface area (Å²) in [5.74, 6) is 1.33. The van der Waals surface area contributed by atoms with Gasteiger partial charge in [0, 0.05) is 30.5 Å². The Hall–Kier alpha value is -2.98. The van der Waals surface area contributed by atoms with Gasteiger partial charge in [-0.3, -0.25) is 0 Å². The van der Waals surface area contributed by atoms with E-state index in [0.717, 1.165) is 11.4 Å². The number of hydrogen-bond donors (Lipinski definition) is 3. The number of rotatable bonds is 8. The molecule has 3 rings (SSSR count). The number of hydrogen-bond acceptors (Lipinski definition) is 8. The van der Waals surface area contributed by atoms with Crippen molar-refractivity contribution < 1.29 is 12.9 Å². The lowest BCUT2D eigenvalue weighted by molar-refractivity contribution is 0.390. The molecule has 0 atom stereocenters. The van der Waals surface area contributed by atoms with Crippen LogP contribution in [0.25, 0.3) is 0 Å². The molecule has 0 unspecified atom stereocenters. The van der Waals surface area contributed by atoms with Gasteiger partial charge in [0.05, 0.1) is 0 Å². The van der Waals surface area contributed by atoms with Gasteiger partial charge >= 0.3 is 0 Å². The van der Waals surface area contributed by atoms with Gasteiger partial charge in [-0.05, 0) is 39.8 Å². The lowest BCUT2D eigenvalue weighted by Crippen LogP contribution is -2.29. The van der Waals surface area contributed by atoms with E-state index in [-0.39, 0.29) is 17.2 Å². The summed E-state index contributed by atoms with van der Waals surface area (Å²) < 4.78 is 32.3. The maximum atomic E-state index is 12.4. The highest BCUT2D eigenvalue weighted by molar-refractivity contribution is 7.89. The van der Waals surface area contributed by atoms with E-state index in [0.29, 0.717) is 24.0 Å². The van der Waals surface area contributed by atoms with Crippen LogP contribution in [0.1, 0.15) is 22.7 Å². The standard InChI is InChI=1S/C19H24N6O3S/c1-12-5-7-16(8-6-12)23-17-11-13(2)22-19(24-17)20-9-10-21-29(26,27)18-14(3)25-28-15(18)4/h5-8,11,21H,9-10H2,1-4H3,(H2,20,22,23,24). The summed E-state index contributed by atoms with van der Waals surface area (Å²) in [6, 6.07) is 9.82. The molecule has 0 radical (unpaired) electrons. The van der Waals surface area contributed by atoms with Crippen molar-refractivity contribution in [2.24, 2.45) is 0 Å². The van der Waals surface area contributed by atoms with E-state index in [1.165, 1.54) is 5.56 Å². The van der Waals surface area contributed by atoms with Gasteiger partial charge in [0.1, 0.15) is 16.4 Å². The van der Waals surface area contributed by atoms with Crippen molar-refractivity contribution in [1.82, 2.24) is 19.8 Å². The molecule has 3 N–H and O–H groups in total. The van der Waals surface area contributed by atoms with Crippen LogP contribution in [0.2, 0.25) is 0 Å². The average molecular weight is 417 g/mol.